The topological polar surface area (TPSA) is 42.0 Å². The van der Waals surface area contributed by atoms with Crippen LogP contribution in [0.1, 0.15) is 12.6 Å². The molecule has 1 amide bonds. The van der Waals surface area contributed by atoms with Crippen LogP contribution < -0.4 is 5.32 Å². The van der Waals surface area contributed by atoms with E-state index >= 15 is 0 Å². The summed E-state index contributed by atoms with van der Waals surface area (Å²) in [5.41, 5.74) is 1.91. The minimum atomic E-state index is -0.114. The standard InChI is InChI=1S/C12H11ClN2OS/c1-7-11(9-4-3-5-10(13)6-9)17-12(14-7)15-8(2)16/h3-6H,1-2H3,(H,14,15,16). The Labute approximate surface area is 108 Å². The first-order chi connectivity index (χ1) is 8.06. The van der Waals surface area contributed by atoms with Crippen molar-refractivity contribution in [3.8, 4) is 10.4 Å². The van der Waals surface area contributed by atoms with Gasteiger partial charge in [-0.15, -0.1) is 0 Å². The molecule has 2 rings (SSSR count). The van der Waals surface area contributed by atoms with Crippen molar-refractivity contribution in [1.82, 2.24) is 4.98 Å². The lowest BCUT2D eigenvalue weighted by Gasteiger charge is -1.98. The summed E-state index contributed by atoms with van der Waals surface area (Å²) in [5.74, 6) is -0.114. The van der Waals surface area contributed by atoms with Crippen LogP contribution in [-0.4, -0.2) is 10.9 Å². The highest BCUT2D eigenvalue weighted by Crippen LogP contribution is 2.33. The first-order valence-corrected chi connectivity index (χ1v) is 6.26. The van der Waals surface area contributed by atoms with E-state index in [2.05, 4.69) is 10.3 Å². The molecule has 1 heterocycles. The minimum Gasteiger partial charge on any atom is -0.302 e. The van der Waals surface area contributed by atoms with Crippen molar-refractivity contribution in [2.45, 2.75) is 13.8 Å². The Morgan fingerprint density at radius 2 is 2.24 bits per heavy atom. The second kappa shape index (κ2) is 4.85. The zero-order valence-corrected chi connectivity index (χ0v) is 11.0. The molecule has 5 heteroatoms. The number of hydrogen-bond acceptors (Lipinski definition) is 3. The van der Waals surface area contributed by atoms with Crippen molar-refractivity contribution in [1.29, 1.82) is 0 Å². The highest BCUT2D eigenvalue weighted by atomic mass is 35.5. The average molecular weight is 267 g/mol. The van der Waals surface area contributed by atoms with Gasteiger partial charge in [-0.3, -0.25) is 4.79 Å². The van der Waals surface area contributed by atoms with E-state index in [-0.39, 0.29) is 5.91 Å². The van der Waals surface area contributed by atoms with Crippen molar-refractivity contribution < 1.29 is 4.79 Å². The number of nitrogens with zero attached hydrogens (tertiary/aromatic N) is 1. The summed E-state index contributed by atoms with van der Waals surface area (Å²) in [7, 11) is 0. The third-order valence-electron chi connectivity index (χ3n) is 2.17. The quantitative estimate of drug-likeness (QED) is 0.900. The van der Waals surface area contributed by atoms with Crippen LogP contribution in [0, 0.1) is 6.92 Å². The number of hydrogen-bond donors (Lipinski definition) is 1. The second-order valence-corrected chi connectivity index (χ2v) is 5.06. The second-order valence-electron chi connectivity index (χ2n) is 3.63. The molecule has 1 aromatic heterocycles. The number of aryl methyl sites for hydroxylation is 1. The van der Waals surface area contributed by atoms with Gasteiger partial charge >= 0.3 is 0 Å². The molecule has 0 aliphatic carbocycles. The van der Waals surface area contributed by atoms with Crippen molar-refractivity contribution in [3.63, 3.8) is 0 Å². The molecule has 0 fully saturated rings. The first-order valence-electron chi connectivity index (χ1n) is 5.07. The fraction of sp³-hybridized carbons (Fsp3) is 0.167. The van der Waals surface area contributed by atoms with E-state index in [1.807, 2.05) is 31.2 Å². The van der Waals surface area contributed by atoms with Crippen LogP contribution in [0.15, 0.2) is 24.3 Å². The fourth-order valence-corrected chi connectivity index (χ4v) is 2.70. The average Bonchev–Trinajstić information content (AvgIpc) is 2.58. The highest BCUT2D eigenvalue weighted by Gasteiger charge is 2.10. The van der Waals surface area contributed by atoms with E-state index in [0.29, 0.717) is 10.2 Å². The third kappa shape index (κ3) is 2.84. The van der Waals surface area contributed by atoms with Crippen LogP contribution in [0.3, 0.4) is 0 Å². The van der Waals surface area contributed by atoms with Crippen LogP contribution in [-0.2, 0) is 4.79 Å². The number of halogens is 1. The molecule has 0 saturated heterocycles. The number of amides is 1. The molecular weight excluding hydrogens is 256 g/mol. The van der Waals surface area contributed by atoms with E-state index in [0.717, 1.165) is 16.1 Å². The summed E-state index contributed by atoms with van der Waals surface area (Å²) in [6.07, 6.45) is 0. The van der Waals surface area contributed by atoms with Crippen LogP contribution in [0.5, 0.6) is 0 Å². The van der Waals surface area contributed by atoms with Crippen molar-refractivity contribution in [2.75, 3.05) is 5.32 Å². The van der Waals surface area contributed by atoms with Crippen LogP contribution in [0.2, 0.25) is 5.02 Å². The van der Waals surface area contributed by atoms with E-state index in [4.69, 9.17) is 11.6 Å². The van der Waals surface area contributed by atoms with E-state index in [9.17, 15) is 4.79 Å². The number of carbonyl (C=O) groups excluding carboxylic acids is 1. The van der Waals surface area contributed by atoms with Gasteiger partial charge in [0.15, 0.2) is 5.13 Å². The Morgan fingerprint density at radius 1 is 1.47 bits per heavy atom. The fourth-order valence-electron chi connectivity index (χ4n) is 1.50. The largest absolute Gasteiger partial charge is 0.302 e. The molecule has 0 radical (unpaired) electrons. The molecule has 0 bridgehead atoms. The normalized spacial score (nSPS) is 10.3. The van der Waals surface area contributed by atoms with E-state index in [1.54, 1.807) is 0 Å². The Balaban J connectivity index is 2.39. The summed E-state index contributed by atoms with van der Waals surface area (Å²) in [6.45, 7) is 3.38. The third-order valence-corrected chi connectivity index (χ3v) is 3.52. The molecule has 88 valence electrons. The lowest BCUT2D eigenvalue weighted by molar-refractivity contribution is -0.114. The smallest absolute Gasteiger partial charge is 0.223 e. The van der Waals surface area contributed by atoms with Gasteiger partial charge in [-0.05, 0) is 24.6 Å². The molecule has 0 aliphatic rings. The molecule has 0 atom stereocenters. The molecule has 0 aliphatic heterocycles. The Kier molecular flexibility index (Phi) is 3.45. The number of anilines is 1. The number of nitrogens with one attached hydrogen (secondary N) is 1. The van der Waals surface area contributed by atoms with Crippen molar-refractivity contribution in [2.24, 2.45) is 0 Å². The minimum absolute atomic E-state index is 0.114. The van der Waals surface area contributed by atoms with Crippen LogP contribution in [0.25, 0.3) is 10.4 Å². The Bertz CT molecular complexity index is 565. The lowest BCUT2D eigenvalue weighted by atomic mass is 10.2. The monoisotopic (exact) mass is 266 g/mol. The number of carbonyl (C=O) groups is 1. The van der Waals surface area contributed by atoms with Gasteiger partial charge in [0.05, 0.1) is 10.6 Å². The predicted molar refractivity (Wildman–Crippen MR) is 71.6 cm³/mol. The highest BCUT2D eigenvalue weighted by molar-refractivity contribution is 7.19. The van der Waals surface area contributed by atoms with Crippen molar-refractivity contribution >= 4 is 34.0 Å². The Hall–Kier alpha value is -1.39. The summed E-state index contributed by atoms with van der Waals surface area (Å²) in [6, 6.07) is 7.59. The van der Waals surface area contributed by atoms with Gasteiger partial charge in [0, 0.05) is 11.9 Å². The van der Waals surface area contributed by atoms with Crippen LogP contribution in [0.4, 0.5) is 5.13 Å². The van der Waals surface area contributed by atoms with E-state index in [1.165, 1.54) is 18.3 Å². The molecule has 1 aromatic carbocycles. The molecular formula is C12H11ClN2OS. The zero-order valence-electron chi connectivity index (χ0n) is 9.45. The predicted octanol–water partition coefficient (Wildman–Crippen LogP) is 3.73. The van der Waals surface area contributed by atoms with Gasteiger partial charge in [-0.1, -0.05) is 35.1 Å². The lowest BCUT2D eigenvalue weighted by Crippen LogP contribution is -2.04. The molecule has 0 unspecified atom stereocenters. The maximum absolute atomic E-state index is 11.0. The molecule has 17 heavy (non-hydrogen) atoms. The summed E-state index contributed by atoms with van der Waals surface area (Å²) >= 11 is 7.40. The van der Waals surface area contributed by atoms with Gasteiger partial charge in [-0.2, -0.15) is 0 Å². The summed E-state index contributed by atoms with van der Waals surface area (Å²) in [5, 5.41) is 3.99. The number of benzene rings is 1. The van der Waals surface area contributed by atoms with Gasteiger partial charge in [0.25, 0.3) is 0 Å². The molecule has 3 nitrogen and oxygen atoms in total. The van der Waals surface area contributed by atoms with E-state index < -0.39 is 0 Å². The molecule has 2 aromatic rings. The van der Waals surface area contributed by atoms with Gasteiger partial charge < -0.3 is 5.32 Å². The van der Waals surface area contributed by atoms with Gasteiger partial charge in [-0.25, -0.2) is 4.98 Å². The van der Waals surface area contributed by atoms with Gasteiger partial charge in [0.1, 0.15) is 0 Å². The summed E-state index contributed by atoms with van der Waals surface area (Å²) < 4.78 is 0. The first kappa shape index (κ1) is 12.1. The molecule has 1 N–H and O–H groups in total. The van der Waals surface area contributed by atoms with Crippen LogP contribution >= 0.6 is 22.9 Å². The summed E-state index contributed by atoms with van der Waals surface area (Å²) in [4.78, 5) is 16.3. The number of aromatic nitrogens is 1. The number of thiazole rings is 1. The van der Waals surface area contributed by atoms with Crippen molar-refractivity contribution in [3.05, 3.63) is 35.0 Å². The number of rotatable bonds is 2. The molecule has 0 spiro atoms. The zero-order chi connectivity index (χ0) is 12.4. The maximum atomic E-state index is 11.0. The Morgan fingerprint density at radius 3 is 2.88 bits per heavy atom. The maximum Gasteiger partial charge on any atom is 0.223 e. The molecule has 0 saturated carbocycles. The SMILES string of the molecule is CC(=O)Nc1nc(C)c(-c2cccc(Cl)c2)s1. The van der Waals surface area contributed by atoms with Gasteiger partial charge in [0.2, 0.25) is 5.91 Å².